The van der Waals surface area contributed by atoms with Gasteiger partial charge in [0.15, 0.2) is 0 Å². The number of benzene rings is 1. The Kier molecular flexibility index (Phi) is 8.77. The number of halogens is 1. The van der Waals surface area contributed by atoms with Crippen molar-refractivity contribution in [3.8, 4) is 0 Å². The molecular formula is C22H34ClN3O2. The molecule has 1 aromatic carbocycles. The topological polar surface area (TPSA) is 61.4 Å². The first-order chi connectivity index (χ1) is 13.0. The fourth-order valence-corrected chi connectivity index (χ4v) is 4.22. The Morgan fingerprint density at radius 2 is 1.93 bits per heavy atom. The van der Waals surface area contributed by atoms with E-state index in [-0.39, 0.29) is 24.2 Å². The van der Waals surface area contributed by atoms with Crippen LogP contribution in [0.15, 0.2) is 18.2 Å². The van der Waals surface area contributed by atoms with Gasteiger partial charge in [-0.05, 0) is 95.1 Å². The highest BCUT2D eigenvalue weighted by Crippen LogP contribution is 2.23. The Morgan fingerprint density at radius 3 is 2.61 bits per heavy atom. The summed E-state index contributed by atoms with van der Waals surface area (Å²) in [5, 5.41) is 6.38. The summed E-state index contributed by atoms with van der Waals surface area (Å²) in [6, 6.07) is 5.94. The third kappa shape index (κ3) is 5.95. The lowest BCUT2D eigenvalue weighted by molar-refractivity contribution is -0.116. The first kappa shape index (κ1) is 22.7. The van der Waals surface area contributed by atoms with Crippen LogP contribution in [-0.2, 0) is 4.79 Å². The fraction of sp³-hybridized carbons (Fsp3) is 0.636. The molecule has 2 heterocycles. The van der Waals surface area contributed by atoms with Gasteiger partial charge in [-0.1, -0.05) is 0 Å². The molecule has 6 heteroatoms. The molecule has 2 amide bonds. The van der Waals surface area contributed by atoms with Gasteiger partial charge in [-0.25, -0.2) is 0 Å². The van der Waals surface area contributed by atoms with Gasteiger partial charge < -0.3 is 15.5 Å². The van der Waals surface area contributed by atoms with Gasteiger partial charge in [0.1, 0.15) is 0 Å². The zero-order chi connectivity index (χ0) is 19.2. The van der Waals surface area contributed by atoms with E-state index in [2.05, 4.69) is 17.6 Å². The summed E-state index contributed by atoms with van der Waals surface area (Å²) in [6.45, 7) is 7.06. The molecule has 2 fully saturated rings. The Morgan fingerprint density at radius 1 is 1.18 bits per heavy atom. The minimum Gasteiger partial charge on any atom is -0.336 e. The van der Waals surface area contributed by atoms with Gasteiger partial charge in [0.05, 0.1) is 0 Å². The molecule has 1 aromatic rings. The number of hydrogen-bond donors (Lipinski definition) is 2. The zero-order valence-electron chi connectivity index (χ0n) is 17.1. The van der Waals surface area contributed by atoms with Crippen LogP contribution in [0.25, 0.3) is 0 Å². The van der Waals surface area contributed by atoms with Gasteiger partial charge in [0.2, 0.25) is 5.91 Å². The van der Waals surface area contributed by atoms with E-state index < -0.39 is 0 Å². The average molecular weight is 408 g/mol. The summed E-state index contributed by atoms with van der Waals surface area (Å²) >= 11 is 0. The van der Waals surface area contributed by atoms with E-state index in [1.165, 1.54) is 6.42 Å². The Labute approximate surface area is 175 Å². The number of amides is 2. The highest BCUT2D eigenvalue weighted by atomic mass is 35.5. The molecule has 2 aliphatic rings. The smallest absolute Gasteiger partial charge is 0.254 e. The SMILES string of the molecule is Cc1cc(C(=O)N2CCCCC2C)ccc1NC(=O)CCC1CCNCC1.Cl. The highest BCUT2D eigenvalue weighted by molar-refractivity contribution is 5.96. The summed E-state index contributed by atoms with van der Waals surface area (Å²) in [4.78, 5) is 27.1. The molecule has 0 aromatic heterocycles. The molecule has 1 atom stereocenters. The van der Waals surface area contributed by atoms with Crippen molar-refractivity contribution >= 4 is 29.9 Å². The molecule has 0 radical (unpaired) electrons. The second-order valence-electron chi connectivity index (χ2n) is 8.15. The molecule has 0 bridgehead atoms. The summed E-state index contributed by atoms with van der Waals surface area (Å²) in [6.07, 6.45) is 7.21. The van der Waals surface area contributed by atoms with Crippen molar-refractivity contribution in [2.24, 2.45) is 5.92 Å². The molecule has 3 rings (SSSR count). The predicted octanol–water partition coefficient (Wildman–Crippen LogP) is 4.15. The lowest BCUT2D eigenvalue weighted by Crippen LogP contribution is -2.42. The van der Waals surface area contributed by atoms with Crippen molar-refractivity contribution in [3.05, 3.63) is 29.3 Å². The number of piperidine rings is 2. The van der Waals surface area contributed by atoms with Crippen molar-refractivity contribution < 1.29 is 9.59 Å². The van der Waals surface area contributed by atoms with E-state index in [0.717, 1.165) is 63.0 Å². The van der Waals surface area contributed by atoms with Crippen LogP contribution in [-0.4, -0.2) is 42.4 Å². The van der Waals surface area contributed by atoms with Crippen molar-refractivity contribution in [3.63, 3.8) is 0 Å². The molecular weight excluding hydrogens is 374 g/mol. The second kappa shape index (κ2) is 10.8. The number of anilines is 1. The predicted molar refractivity (Wildman–Crippen MR) is 116 cm³/mol. The molecule has 0 spiro atoms. The molecule has 0 saturated carbocycles. The van der Waals surface area contributed by atoms with Crippen molar-refractivity contribution in [2.45, 2.75) is 64.8 Å². The summed E-state index contributed by atoms with van der Waals surface area (Å²) in [7, 11) is 0. The summed E-state index contributed by atoms with van der Waals surface area (Å²) < 4.78 is 0. The largest absolute Gasteiger partial charge is 0.336 e. The van der Waals surface area contributed by atoms with Crippen LogP contribution in [0.1, 0.15) is 67.8 Å². The van der Waals surface area contributed by atoms with Crippen molar-refractivity contribution in [2.75, 3.05) is 25.0 Å². The molecule has 2 aliphatic heterocycles. The Hall–Kier alpha value is -1.59. The van der Waals surface area contributed by atoms with E-state index in [0.29, 0.717) is 23.9 Å². The third-order valence-electron chi connectivity index (χ3n) is 6.05. The van der Waals surface area contributed by atoms with E-state index in [9.17, 15) is 9.59 Å². The number of rotatable bonds is 5. The lowest BCUT2D eigenvalue weighted by atomic mass is 9.93. The van der Waals surface area contributed by atoms with Crippen molar-refractivity contribution in [1.82, 2.24) is 10.2 Å². The van der Waals surface area contributed by atoms with Gasteiger partial charge in [0, 0.05) is 30.3 Å². The molecule has 156 valence electrons. The minimum absolute atomic E-state index is 0. The number of aryl methyl sites for hydroxylation is 1. The first-order valence-electron chi connectivity index (χ1n) is 10.5. The molecule has 1 unspecified atom stereocenters. The maximum absolute atomic E-state index is 12.8. The molecule has 5 nitrogen and oxygen atoms in total. The van der Waals surface area contributed by atoms with Crippen LogP contribution in [0, 0.1) is 12.8 Å². The number of hydrogen-bond acceptors (Lipinski definition) is 3. The number of nitrogens with one attached hydrogen (secondary N) is 2. The molecule has 2 N–H and O–H groups in total. The monoisotopic (exact) mass is 407 g/mol. The van der Waals surface area contributed by atoms with E-state index in [1.807, 2.05) is 30.0 Å². The van der Waals surface area contributed by atoms with Crippen LogP contribution < -0.4 is 10.6 Å². The Bertz CT molecular complexity index is 674. The van der Waals surface area contributed by atoms with Crippen LogP contribution in [0.3, 0.4) is 0 Å². The van der Waals surface area contributed by atoms with Crippen LogP contribution >= 0.6 is 12.4 Å². The highest BCUT2D eigenvalue weighted by Gasteiger charge is 2.24. The lowest BCUT2D eigenvalue weighted by Gasteiger charge is -2.33. The number of likely N-dealkylation sites (tertiary alicyclic amines) is 1. The standard InChI is InChI=1S/C22H33N3O2.ClH/c1-16-15-19(22(27)25-14-4-3-5-17(25)2)7-8-20(16)24-21(26)9-6-18-10-12-23-13-11-18;/h7-8,15,17-18,23H,3-6,9-14H2,1-2H3,(H,24,26);1H. The summed E-state index contributed by atoms with van der Waals surface area (Å²) in [5.41, 5.74) is 2.48. The van der Waals surface area contributed by atoms with Crippen LogP contribution in [0.4, 0.5) is 5.69 Å². The zero-order valence-corrected chi connectivity index (χ0v) is 17.9. The second-order valence-corrected chi connectivity index (χ2v) is 8.15. The maximum atomic E-state index is 12.8. The van der Waals surface area contributed by atoms with Gasteiger partial charge in [-0.15, -0.1) is 12.4 Å². The fourth-order valence-electron chi connectivity index (χ4n) is 4.22. The quantitative estimate of drug-likeness (QED) is 0.770. The number of carbonyl (C=O) groups excluding carboxylic acids is 2. The number of carbonyl (C=O) groups is 2. The molecule has 2 saturated heterocycles. The van der Waals surface area contributed by atoms with E-state index >= 15 is 0 Å². The van der Waals surface area contributed by atoms with E-state index in [4.69, 9.17) is 0 Å². The van der Waals surface area contributed by atoms with Gasteiger partial charge in [-0.3, -0.25) is 9.59 Å². The first-order valence-corrected chi connectivity index (χ1v) is 10.5. The van der Waals surface area contributed by atoms with Crippen molar-refractivity contribution in [1.29, 1.82) is 0 Å². The molecule has 0 aliphatic carbocycles. The third-order valence-corrected chi connectivity index (χ3v) is 6.05. The van der Waals surface area contributed by atoms with Crippen LogP contribution in [0.2, 0.25) is 0 Å². The van der Waals surface area contributed by atoms with Gasteiger partial charge >= 0.3 is 0 Å². The summed E-state index contributed by atoms with van der Waals surface area (Å²) in [5.74, 6) is 0.832. The van der Waals surface area contributed by atoms with Gasteiger partial charge in [0.25, 0.3) is 5.91 Å². The minimum atomic E-state index is 0. The normalized spacial score (nSPS) is 20.4. The van der Waals surface area contributed by atoms with Gasteiger partial charge in [-0.2, -0.15) is 0 Å². The molecule has 28 heavy (non-hydrogen) atoms. The maximum Gasteiger partial charge on any atom is 0.254 e. The van der Waals surface area contributed by atoms with E-state index in [1.54, 1.807) is 0 Å². The Balaban J connectivity index is 0.00000280. The number of nitrogens with zero attached hydrogens (tertiary/aromatic N) is 1. The van der Waals surface area contributed by atoms with Crippen LogP contribution in [0.5, 0.6) is 0 Å². The average Bonchev–Trinajstić information content (AvgIpc) is 2.68.